The van der Waals surface area contributed by atoms with Gasteiger partial charge in [-0.1, -0.05) is 53.9 Å². The summed E-state index contributed by atoms with van der Waals surface area (Å²) in [5, 5.41) is 20.9. The van der Waals surface area contributed by atoms with Gasteiger partial charge in [0.2, 0.25) is 0 Å². The van der Waals surface area contributed by atoms with E-state index in [0.29, 0.717) is 23.6 Å². The Bertz CT molecular complexity index is 2670. The van der Waals surface area contributed by atoms with E-state index in [1.54, 1.807) is 37.3 Å². The minimum absolute atomic E-state index is 0. The number of furan rings is 3. The van der Waals surface area contributed by atoms with E-state index in [1.807, 2.05) is 88.4 Å². The molecule has 0 amide bonds. The molecule has 0 radical (unpaired) electrons. The summed E-state index contributed by atoms with van der Waals surface area (Å²) < 4.78 is 25.0. The van der Waals surface area contributed by atoms with Crippen molar-refractivity contribution in [2.45, 2.75) is 68.0 Å². The third kappa shape index (κ3) is 13.9. The Morgan fingerprint density at radius 1 is 0.667 bits per heavy atom. The van der Waals surface area contributed by atoms with Crippen LogP contribution in [0.25, 0.3) is 32.9 Å². The maximum atomic E-state index is 10.9. The Labute approximate surface area is 382 Å². The van der Waals surface area contributed by atoms with Crippen LogP contribution < -0.4 is 10.5 Å². The summed E-state index contributed by atoms with van der Waals surface area (Å²) in [6.45, 7) is 15.9. The summed E-state index contributed by atoms with van der Waals surface area (Å²) in [6.07, 6.45) is -0.374. The number of aryl methyl sites for hydroxylation is 6. The first-order valence-electron chi connectivity index (χ1n) is 18.6. The van der Waals surface area contributed by atoms with Crippen LogP contribution in [0.1, 0.15) is 58.9 Å². The molecule has 0 saturated heterocycles. The zero-order valence-corrected chi connectivity index (χ0v) is 40.2. The van der Waals surface area contributed by atoms with Gasteiger partial charge in [0.1, 0.15) is 45.5 Å². The number of Topliss-reactive ketones (excluding diaryl/α,β-unsaturated/α-hetero) is 1. The fourth-order valence-corrected chi connectivity index (χ4v) is 6.38. The van der Waals surface area contributed by atoms with Gasteiger partial charge in [-0.05, 0) is 175 Å². The van der Waals surface area contributed by atoms with Crippen molar-refractivity contribution in [2.24, 2.45) is 5.73 Å². The predicted molar refractivity (Wildman–Crippen MR) is 255 cm³/mol. The lowest BCUT2D eigenvalue weighted by molar-refractivity contribution is -0.122. The van der Waals surface area contributed by atoms with E-state index in [4.69, 9.17) is 34.1 Å². The second-order valence-corrected chi connectivity index (χ2v) is 16.4. The van der Waals surface area contributed by atoms with Gasteiger partial charge in [0.15, 0.2) is 11.9 Å². The van der Waals surface area contributed by atoms with Crippen LogP contribution in [-0.2, 0) is 11.3 Å². The minimum Gasteiger partial charge on any atom is -0.508 e. The van der Waals surface area contributed by atoms with Gasteiger partial charge in [-0.25, -0.2) is 0 Å². The first-order valence-corrected chi connectivity index (χ1v) is 21.0. The molecule has 3 aromatic heterocycles. The molecule has 8 rings (SSSR count). The Hall–Kier alpha value is -4.83. The van der Waals surface area contributed by atoms with Crippen LogP contribution >= 0.6 is 60.2 Å². The molecule has 3 N–H and O–H groups in total. The Balaban J connectivity index is 0.000000201. The third-order valence-electron chi connectivity index (χ3n) is 9.44. The molecule has 12 heteroatoms. The summed E-state index contributed by atoms with van der Waals surface area (Å²) >= 11 is 9.99. The first kappa shape index (κ1) is 49.5. The fraction of sp³-hybridized carbons (Fsp3) is 0.208. The predicted octanol–water partition coefficient (Wildman–Crippen LogP) is 14.6. The topological polar surface area (TPSA) is 136 Å². The Kier molecular flexibility index (Phi) is 19.2. The van der Waals surface area contributed by atoms with Crippen LogP contribution in [0, 0.1) is 52.9 Å². The van der Waals surface area contributed by atoms with E-state index >= 15 is 0 Å². The van der Waals surface area contributed by atoms with Crippen molar-refractivity contribution in [1.82, 2.24) is 0 Å². The second-order valence-electron chi connectivity index (χ2n) is 13.6. The number of rotatable bonds is 4. The second kappa shape index (κ2) is 23.2. The van der Waals surface area contributed by atoms with Crippen molar-refractivity contribution in [3.05, 3.63) is 162 Å². The molecule has 60 heavy (non-hydrogen) atoms. The molecule has 5 aromatic carbocycles. The summed E-state index contributed by atoms with van der Waals surface area (Å²) in [7, 11) is 0. The lowest BCUT2D eigenvalue weighted by Crippen LogP contribution is -2.20. The summed E-state index contributed by atoms with van der Waals surface area (Å²) in [4.78, 5) is 10.9. The van der Waals surface area contributed by atoms with E-state index in [2.05, 4.69) is 79.8 Å². The number of carbonyl (C=O) groups is 1. The molecule has 0 aliphatic heterocycles. The van der Waals surface area contributed by atoms with Gasteiger partial charge in [0.05, 0.1) is 11.6 Å². The quantitative estimate of drug-likeness (QED) is 0.178. The van der Waals surface area contributed by atoms with E-state index in [0.717, 1.165) is 64.0 Å². The number of hydrogen-bond acceptors (Lipinski definition) is 8. The van der Waals surface area contributed by atoms with Crippen molar-refractivity contribution in [2.75, 3.05) is 0 Å². The monoisotopic (exact) mass is 1020 g/mol. The molecule has 0 saturated carbocycles. The Morgan fingerprint density at radius 2 is 1.08 bits per heavy atom. The summed E-state index contributed by atoms with van der Waals surface area (Å²) in [5.74, 6) is 3.96. The lowest BCUT2D eigenvalue weighted by atomic mass is 10.1. The van der Waals surface area contributed by atoms with E-state index in [-0.39, 0.29) is 24.3 Å². The van der Waals surface area contributed by atoms with Crippen LogP contribution in [0.5, 0.6) is 11.5 Å². The number of halogens is 4. The molecule has 0 spiro atoms. The zero-order chi connectivity index (χ0) is 43.4. The highest BCUT2D eigenvalue weighted by Gasteiger charge is 2.10. The number of aromatic hydroxyl groups is 1. The molecule has 0 aliphatic rings. The number of ether oxygens (including phenoxy) is 1. The van der Waals surface area contributed by atoms with Gasteiger partial charge in [-0.15, -0.1) is 12.4 Å². The number of ketones is 1. The molecular weight excluding hydrogens is 976 g/mol. The van der Waals surface area contributed by atoms with E-state index in [9.17, 15) is 4.79 Å². The highest BCUT2D eigenvalue weighted by atomic mass is 79.9. The minimum atomic E-state index is -0.374. The number of carbonyl (C=O) groups excluding carboxylic acids is 1. The SMILES string of the molecule is CC(=O)C(C)Oc1ccc(Br)cc1.Cc1oc2ccc(Br)cc2c1C.Cc1oc2ccc(C#N)cc2c1C.Cc1oc2ccc(CN)cc2c1C.Cl.Oc1ccc(Br)cc1. The molecule has 1 atom stereocenters. The van der Waals surface area contributed by atoms with Crippen LogP contribution in [-0.4, -0.2) is 17.0 Å². The van der Waals surface area contributed by atoms with Gasteiger partial charge < -0.3 is 28.8 Å². The molecule has 314 valence electrons. The Morgan fingerprint density at radius 3 is 1.53 bits per heavy atom. The van der Waals surface area contributed by atoms with E-state index in [1.165, 1.54) is 28.8 Å². The average Bonchev–Trinajstić information content (AvgIpc) is 3.80. The molecule has 1 unspecified atom stereocenters. The van der Waals surface area contributed by atoms with Gasteiger partial charge in [-0.3, -0.25) is 4.79 Å². The largest absolute Gasteiger partial charge is 0.508 e. The molecule has 8 nitrogen and oxygen atoms in total. The van der Waals surface area contributed by atoms with Gasteiger partial charge in [0.25, 0.3) is 0 Å². The van der Waals surface area contributed by atoms with Crippen LogP contribution in [0.15, 0.2) is 130 Å². The zero-order valence-electron chi connectivity index (χ0n) is 34.7. The number of fused-ring (bicyclic) bond motifs is 3. The van der Waals surface area contributed by atoms with Crippen molar-refractivity contribution in [3.8, 4) is 17.6 Å². The van der Waals surface area contributed by atoms with Crippen molar-refractivity contribution >= 4 is 98.9 Å². The normalized spacial score (nSPS) is 10.7. The van der Waals surface area contributed by atoms with Crippen LogP contribution in [0.3, 0.4) is 0 Å². The number of nitrogens with zero attached hydrogens (tertiary/aromatic N) is 1. The summed E-state index contributed by atoms with van der Waals surface area (Å²) in [6, 6.07) is 34.0. The van der Waals surface area contributed by atoms with Crippen LogP contribution in [0.2, 0.25) is 0 Å². The van der Waals surface area contributed by atoms with Crippen molar-refractivity contribution in [3.63, 3.8) is 0 Å². The molecule has 0 bridgehead atoms. The lowest BCUT2D eigenvalue weighted by Gasteiger charge is -2.10. The number of phenolic OH excluding ortho intramolecular Hbond substituents is 1. The molecule has 0 fully saturated rings. The summed E-state index contributed by atoms with van der Waals surface area (Å²) in [5.41, 5.74) is 13.7. The first-order chi connectivity index (χ1) is 28.0. The number of nitriles is 1. The highest BCUT2D eigenvalue weighted by Crippen LogP contribution is 2.28. The van der Waals surface area contributed by atoms with Gasteiger partial charge in [-0.2, -0.15) is 5.26 Å². The number of nitrogens with two attached hydrogens (primary N) is 1. The average molecular weight is 1020 g/mol. The fourth-order valence-electron chi connectivity index (χ4n) is 5.49. The van der Waals surface area contributed by atoms with Gasteiger partial charge >= 0.3 is 0 Å². The van der Waals surface area contributed by atoms with E-state index < -0.39 is 0 Å². The maximum absolute atomic E-state index is 10.9. The third-order valence-corrected chi connectivity index (χ3v) is 11.0. The van der Waals surface area contributed by atoms with Crippen molar-refractivity contribution in [1.29, 1.82) is 5.26 Å². The number of hydrogen-bond donors (Lipinski definition) is 2. The molecular formula is C48H48Br3ClN2O6. The maximum Gasteiger partial charge on any atom is 0.169 e. The molecule has 0 aliphatic carbocycles. The molecule has 8 aromatic rings. The highest BCUT2D eigenvalue weighted by molar-refractivity contribution is 9.11. The number of benzene rings is 5. The molecule has 3 heterocycles. The van der Waals surface area contributed by atoms with Gasteiger partial charge in [0, 0.05) is 36.1 Å². The standard InChI is InChI=1S/C11H13NO.C11H9NO.C10H11BrO2.C10H9BrO.C6H5BrO.ClH/c2*1-7-8(2)13-11-4-3-9(6-12)5-10(7)11;1-7(12)8(2)13-10-5-3-9(11)4-6-10;1-6-7(2)12-10-4-3-8(11)5-9(6)10;7-5-1-3-6(8)4-2-5;/h3-5H,6,12H2,1-2H3;3-5H,1-2H3;3-6,8H,1-2H3;3-5H,1-2H3;1-4,8H;1H. The smallest absolute Gasteiger partial charge is 0.169 e. The number of phenols is 1. The van der Waals surface area contributed by atoms with Crippen LogP contribution in [0.4, 0.5) is 0 Å². The van der Waals surface area contributed by atoms with Crippen molar-refractivity contribution < 1.29 is 27.9 Å².